The van der Waals surface area contributed by atoms with Gasteiger partial charge >= 0.3 is 0 Å². The molecule has 1 unspecified atom stereocenters. The third kappa shape index (κ3) is 2.45. The normalized spacial score (nSPS) is 11.5. The van der Waals surface area contributed by atoms with Crippen molar-refractivity contribution in [3.63, 3.8) is 0 Å². The maximum absolute atomic E-state index is 9.69. The molecule has 1 atom stereocenters. The quantitative estimate of drug-likeness (QED) is 0.866. The van der Waals surface area contributed by atoms with E-state index in [0.717, 1.165) is 4.47 Å². The van der Waals surface area contributed by atoms with E-state index in [2.05, 4.69) is 22.9 Å². The molecule has 13 heavy (non-hydrogen) atoms. The molecule has 0 saturated heterocycles. The molecule has 1 aromatic rings. The Morgan fingerprint density at radius 3 is 2.62 bits per heavy atom. The predicted molar refractivity (Wildman–Crippen MR) is 55.6 cm³/mol. The highest BCUT2D eigenvalue weighted by atomic mass is 79.9. The van der Waals surface area contributed by atoms with Gasteiger partial charge in [-0.05, 0) is 26.0 Å². The first-order valence-electron chi connectivity index (χ1n) is 3.87. The molecule has 2 nitrogen and oxygen atoms in total. The SMILES string of the molecule is [CH2]C(C)(O)c1ccc(Br)cc1OC. The van der Waals surface area contributed by atoms with E-state index >= 15 is 0 Å². The van der Waals surface area contributed by atoms with Gasteiger partial charge in [-0.15, -0.1) is 0 Å². The maximum Gasteiger partial charge on any atom is 0.126 e. The second kappa shape index (κ2) is 3.68. The number of ether oxygens (including phenoxy) is 1. The lowest BCUT2D eigenvalue weighted by molar-refractivity contribution is 0.105. The Hall–Kier alpha value is -0.540. The maximum atomic E-state index is 9.69. The van der Waals surface area contributed by atoms with Gasteiger partial charge in [0.1, 0.15) is 5.75 Å². The minimum Gasteiger partial charge on any atom is -0.496 e. The average molecular weight is 244 g/mol. The number of hydrogen-bond donors (Lipinski definition) is 1. The van der Waals surface area contributed by atoms with Crippen molar-refractivity contribution in [2.75, 3.05) is 7.11 Å². The van der Waals surface area contributed by atoms with Gasteiger partial charge in [0.25, 0.3) is 0 Å². The summed E-state index contributed by atoms with van der Waals surface area (Å²) in [7, 11) is 1.57. The monoisotopic (exact) mass is 243 g/mol. The lowest BCUT2D eigenvalue weighted by Gasteiger charge is -2.20. The average Bonchev–Trinajstić information content (AvgIpc) is 2.01. The van der Waals surface area contributed by atoms with Crippen molar-refractivity contribution in [2.45, 2.75) is 12.5 Å². The van der Waals surface area contributed by atoms with Crippen LogP contribution in [0.4, 0.5) is 0 Å². The Kier molecular flexibility index (Phi) is 2.98. The number of hydrogen-bond acceptors (Lipinski definition) is 2. The fourth-order valence-electron chi connectivity index (χ4n) is 1.11. The van der Waals surface area contributed by atoms with E-state index < -0.39 is 5.60 Å². The van der Waals surface area contributed by atoms with E-state index in [-0.39, 0.29) is 0 Å². The molecule has 0 fully saturated rings. The summed E-state index contributed by atoms with van der Waals surface area (Å²) in [4.78, 5) is 0. The first-order valence-corrected chi connectivity index (χ1v) is 4.66. The van der Waals surface area contributed by atoms with Crippen LogP contribution in [-0.4, -0.2) is 12.2 Å². The molecule has 71 valence electrons. The van der Waals surface area contributed by atoms with Crippen LogP contribution in [0.5, 0.6) is 5.75 Å². The van der Waals surface area contributed by atoms with E-state index in [1.54, 1.807) is 26.2 Å². The third-order valence-electron chi connectivity index (χ3n) is 1.74. The van der Waals surface area contributed by atoms with Crippen LogP contribution in [0.3, 0.4) is 0 Å². The van der Waals surface area contributed by atoms with Crippen LogP contribution in [0.25, 0.3) is 0 Å². The standard InChI is InChI=1S/C10H12BrO2/c1-10(2,12)8-5-4-7(11)6-9(8)13-3/h4-6,12H,1H2,2-3H3. The van der Waals surface area contributed by atoms with Gasteiger partial charge in [-0.3, -0.25) is 0 Å². The van der Waals surface area contributed by atoms with Crippen molar-refractivity contribution in [3.05, 3.63) is 35.2 Å². The van der Waals surface area contributed by atoms with Gasteiger partial charge in [0.05, 0.1) is 12.7 Å². The molecule has 0 aliphatic carbocycles. The van der Waals surface area contributed by atoms with Gasteiger partial charge in [0.2, 0.25) is 0 Å². The predicted octanol–water partition coefficient (Wildman–Crippen LogP) is 2.50. The Bertz CT molecular complexity index is 302. The minimum atomic E-state index is -1.12. The summed E-state index contributed by atoms with van der Waals surface area (Å²) < 4.78 is 6.04. The van der Waals surface area contributed by atoms with Crippen molar-refractivity contribution >= 4 is 15.9 Å². The Morgan fingerprint density at radius 1 is 1.54 bits per heavy atom. The van der Waals surface area contributed by atoms with Gasteiger partial charge in [0, 0.05) is 10.0 Å². The number of rotatable bonds is 2. The molecule has 1 N–H and O–H groups in total. The molecule has 1 aromatic carbocycles. The molecule has 0 aliphatic rings. The molecule has 0 bridgehead atoms. The topological polar surface area (TPSA) is 29.5 Å². The largest absolute Gasteiger partial charge is 0.496 e. The molecule has 3 heteroatoms. The van der Waals surface area contributed by atoms with E-state index in [1.165, 1.54) is 0 Å². The number of benzene rings is 1. The van der Waals surface area contributed by atoms with Crippen LogP contribution >= 0.6 is 15.9 Å². The summed E-state index contributed by atoms with van der Waals surface area (Å²) in [5, 5.41) is 9.69. The summed E-state index contributed by atoms with van der Waals surface area (Å²) in [5.41, 5.74) is -0.440. The molecule has 1 radical (unpaired) electrons. The number of halogens is 1. The summed E-state index contributed by atoms with van der Waals surface area (Å²) in [6.07, 6.45) is 0. The first-order chi connectivity index (χ1) is 5.95. The Labute approximate surface area is 86.7 Å². The van der Waals surface area contributed by atoms with Gasteiger partial charge < -0.3 is 9.84 Å². The Morgan fingerprint density at radius 2 is 2.15 bits per heavy atom. The first kappa shape index (κ1) is 10.5. The highest BCUT2D eigenvalue weighted by Crippen LogP contribution is 2.31. The molecule has 1 rings (SSSR count). The zero-order valence-electron chi connectivity index (χ0n) is 7.67. The van der Waals surface area contributed by atoms with Crippen LogP contribution in [-0.2, 0) is 5.60 Å². The van der Waals surface area contributed by atoms with E-state index in [0.29, 0.717) is 11.3 Å². The smallest absolute Gasteiger partial charge is 0.126 e. The van der Waals surface area contributed by atoms with Crippen molar-refractivity contribution in [3.8, 4) is 5.75 Å². The van der Waals surface area contributed by atoms with Crippen LogP contribution in [0.2, 0.25) is 0 Å². The zero-order valence-corrected chi connectivity index (χ0v) is 9.26. The Balaban J connectivity index is 3.22. The molecule has 0 aromatic heterocycles. The molecule has 0 aliphatic heterocycles. The summed E-state index contributed by atoms with van der Waals surface area (Å²) in [6, 6.07) is 5.43. The second-order valence-electron chi connectivity index (χ2n) is 3.12. The molecular weight excluding hydrogens is 232 g/mol. The van der Waals surface area contributed by atoms with E-state index in [9.17, 15) is 5.11 Å². The lowest BCUT2D eigenvalue weighted by Crippen LogP contribution is -2.17. The van der Waals surface area contributed by atoms with Gasteiger partial charge in [-0.2, -0.15) is 0 Å². The second-order valence-corrected chi connectivity index (χ2v) is 4.03. The van der Waals surface area contributed by atoms with Crippen LogP contribution in [0, 0.1) is 6.92 Å². The molecule has 0 saturated carbocycles. The van der Waals surface area contributed by atoms with Crippen LogP contribution in [0.15, 0.2) is 22.7 Å². The van der Waals surface area contributed by atoms with Crippen LogP contribution in [0.1, 0.15) is 12.5 Å². The summed E-state index contributed by atoms with van der Waals surface area (Å²) in [5.74, 6) is 0.634. The minimum absolute atomic E-state index is 0.634. The van der Waals surface area contributed by atoms with Gasteiger partial charge in [-0.25, -0.2) is 0 Å². The van der Waals surface area contributed by atoms with Crippen molar-refractivity contribution in [1.82, 2.24) is 0 Å². The fraction of sp³-hybridized carbons (Fsp3) is 0.300. The fourth-order valence-corrected chi connectivity index (χ4v) is 1.45. The molecule has 0 amide bonds. The van der Waals surface area contributed by atoms with Crippen molar-refractivity contribution in [2.24, 2.45) is 0 Å². The molecule has 0 heterocycles. The number of methoxy groups -OCH3 is 1. The van der Waals surface area contributed by atoms with E-state index in [1.807, 2.05) is 6.07 Å². The van der Waals surface area contributed by atoms with E-state index in [4.69, 9.17) is 4.74 Å². The lowest BCUT2D eigenvalue weighted by atomic mass is 9.97. The summed E-state index contributed by atoms with van der Waals surface area (Å²) in [6.45, 7) is 5.26. The highest BCUT2D eigenvalue weighted by Gasteiger charge is 2.20. The molecular formula is C10H12BrO2. The highest BCUT2D eigenvalue weighted by molar-refractivity contribution is 9.10. The zero-order chi connectivity index (χ0) is 10.1. The summed E-state index contributed by atoms with van der Waals surface area (Å²) >= 11 is 3.32. The van der Waals surface area contributed by atoms with Crippen molar-refractivity contribution < 1.29 is 9.84 Å². The molecule has 0 spiro atoms. The van der Waals surface area contributed by atoms with Gasteiger partial charge in [0.15, 0.2) is 0 Å². The third-order valence-corrected chi connectivity index (χ3v) is 2.24. The van der Waals surface area contributed by atoms with Crippen molar-refractivity contribution in [1.29, 1.82) is 0 Å². The number of aliphatic hydroxyl groups is 1. The van der Waals surface area contributed by atoms with Crippen LogP contribution < -0.4 is 4.74 Å². The van der Waals surface area contributed by atoms with Gasteiger partial charge in [-0.1, -0.05) is 22.0 Å².